The predicted octanol–water partition coefficient (Wildman–Crippen LogP) is 4.40. The van der Waals surface area contributed by atoms with Gasteiger partial charge in [-0.25, -0.2) is 0 Å². The summed E-state index contributed by atoms with van der Waals surface area (Å²) in [7, 11) is 0. The first-order valence-corrected chi connectivity index (χ1v) is 7.13. The van der Waals surface area contributed by atoms with Gasteiger partial charge in [-0.1, -0.05) is 37.1 Å². The molecule has 0 unspecified atom stereocenters. The molecule has 1 aliphatic carbocycles. The van der Waals surface area contributed by atoms with Gasteiger partial charge in [0.2, 0.25) is 0 Å². The van der Waals surface area contributed by atoms with E-state index in [1.165, 1.54) is 37.7 Å². The molecule has 1 saturated carbocycles. The highest BCUT2D eigenvalue weighted by Crippen LogP contribution is 2.26. The summed E-state index contributed by atoms with van der Waals surface area (Å²) in [6.45, 7) is 3.26. The van der Waals surface area contributed by atoms with Crippen LogP contribution in [0.2, 0.25) is 5.02 Å². The molecule has 1 fully saturated rings. The molecule has 94 valence electrons. The number of rotatable bonds is 4. The van der Waals surface area contributed by atoms with Crippen molar-refractivity contribution in [2.75, 3.05) is 0 Å². The van der Waals surface area contributed by atoms with Crippen molar-refractivity contribution in [1.82, 2.24) is 5.32 Å². The molecule has 0 spiro atoms. The van der Waals surface area contributed by atoms with Gasteiger partial charge in [0.15, 0.2) is 0 Å². The second kappa shape index (κ2) is 6.42. The van der Waals surface area contributed by atoms with Crippen LogP contribution in [-0.2, 0) is 6.54 Å². The minimum Gasteiger partial charge on any atom is -0.310 e. The van der Waals surface area contributed by atoms with E-state index in [-0.39, 0.29) is 0 Å². The molecule has 1 aromatic carbocycles. The Hall–Kier alpha value is -0.530. The third kappa shape index (κ3) is 4.01. The molecule has 0 atom stereocenters. The monoisotopic (exact) mass is 251 g/mol. The topological polar surface area (TPSA) is 12.0 Å². The number of halogens is 1. The average molecular weight is 252 g/mol. The fraction of sp³-hybridized carbons (Fsp3) is 0.600. The summed E-state index contributed by atoms with van der Waals surface area (Å²) in [6.07, 6.45) is 6.80. The molecule has 0 radical (unpaired) electrons. The third-order valence-electron chi connectivity index (χ3n) is 3.91. The number of hydrogen-bond donors (Lipinski definition) is 1. The molecule has 2 rings (SSSR count). The smallest absolute Gasteiger partial charge is 0.0409 e. The molecule has 1 aromatic rings. The highest BCUT2D eigenvalue weighted by Gasteiger charge is 2.19. The first kappa shape index (κ1) is 12.9. The quantitative estimate of drug-likeness (QED) is 0.837. The first-order chi connectivity index (χ1) is 8.28. The molecular formula is C15H22ClN. The molecule has 0 amide bonds. The van der Waals surface area contributed by atoms with Gasteiger partial charge in [-0.3, -0.25) is 0 Å². The number of benzene rings is 1. The Labute approximate surface area is 110 Å². The summed E-state index contributed by atoms with van der Waals surface area (Å²) >= 11 is 5.98. The fourth-order valence-corrected chi connectivity index (χ4v) is 2.90. The summed E-state index contributed by atoms with van der Waals surface area (Å²) < 4.78 is 0. The highest BCUT2D eigenvalue weighted by molar-refractivity contribution is 6.30. The zero-order valence-electron chi connectivity index (χ0n) is 10.6. The van der Waals surface area contributed by atoms with Crippen LogP contribution < -0.4 is 5.32 Å². The molecule has 1 nitrogen and oxygen atoms in total. The molecular weight excluding hydrogens is 230 g/mol. The van der Waals surface area contributed by atoms with E-state index < -0.39 is 0 Å². The van der Waals surface area contributed by atoms with E-state index in [2.05, 4.69) is 18.3 Å². The summed E-state index contributed by atoms with van der Waals surface area (Å²) in [5.41, 5.74) is 1.29. The second-order valence-electron chi connectivity index (χ2n) is 5.14. The van der Waals surface area contributed by atoms with Gasteiger partial charge >= 0.3 is 0 Å². The molecule has 0 bridgehead atoms. The summed E-state index contributed by atoms with van der Waals surface area (Å²) in [5, 5.41) is 4.48. The Morgan fingerprint density at radius 3 is 2.65 bits per heavy atom. The third-order valence-corrected chi connectivity index (χ3v) is 4.14. The lowest BCUT2D eigenvalue weighted by atomic mass is 9.84. The van der Waals surface area contributed by atoms with Crippen LogP contribution in [0.5, 0.6) is 0 Å². The summed E-state index contributed by atoms with van der Waals surface area (Å²) in [6, 6.07) is 8.84. The van der Waals surface area contributed by atoms with E-state index in [9.17, 15) is 0 Å². The zero-order chi connectivity index (χ0) is 12.1. The number of nitrogens with one attached hydrogen (secondary N) is 1. The van der Waals surface area contributed by atoms with E-state index in [0.29, 0.717) is 6.04 Å². The van der Waals surface area contributed by atoms with Crippen molar-refractivity contribution >= 4 is 11.6 Å². The molecule has 0 aliphatic heterocycles. The van der Waals surface area contributed by atoms with E-state index in [4.69, 9.17) is 11.6 Å². The van der Waals surface area contributed by atoms with Crippen LogP contribution in [0.3, 0.4) is 0 Å². The molecule has 0 aromatic heterocycles. The summed E-state index contributed by atoms with van der Waals surface area (Å²) in [4.78, 5) is 0. The molecule has 1 aliphatic rings. The van der Waals surface area contributed by atoms with Crippen molar-refractivity contribution in [3.05, 3.63) is 34.9 Å². The van der Waals surface area contributed by atoms with E-state index in [0.717, 1.165) is 17.5 Å². The van der Waals surface area contributed by atoms with Gasteiger partial charge in [0, 0.05) is 17.6 Å². The lowest BCUT2D eigenvalue weighted by Gasteiger charge is -2.28. The van der Waals surface area contributed by atoms with Crippen LogP contribution >= 0.6 is 11.6 Å². The van der Waals surface area contributed by atoms with Gasteiger partial charge in [-0.15, -0.1) is 0 Å². The van der Waals surface area contributed by atoms with Crippen LogP contribution in [0.25, 0.3) is 0 Å². The Morgan fingerprint density at radius 2 is 2.00 bits per heavy atom. The molecule has 1 N–H and O–H groups in total. The molecule has 0 heterocycles. The van der Waals surface area contributed by atoms with Gasteiger partial charge in [-0.2, -0.15) is 0 Å². The normalized spacial score (nSPS) is 24.8. The van der Waals surface area contributed by atoms with Crippen LogP contribution in [0.4, 0.5) is 0 Å². The van der Waals surface area contributed by atoms with Gasteiger partial charge < -0.3 is 5.32 Å². The predicted molar refractivity (Wildman–Crippen MR) is 74.3 cm³/mol. The Bertz CT molecular complexity index is 343. The first-order valence-electron chi connectivity index (χ1n) is 6.75. The fourth-order valence-electron chi connectivity index (χ4n) is 2.68. The zero-order valence-corrected chi connectivity index (χ0v) is 11.3. The van der Waals surface area contributed by atoms with Crippen molar-refractivity contribution in [2.24, 2.45) is 5.92 Å². The van der Waals surface area contributed by atoms with Gasteiger partial charge in [0.05, 0.1) is 0 Å². The lowest BCUT2D eigenvalue weighted by Crippen LogP contribution is -2.32. The van der Waals surface area contributed by atoms with Crippen LogP contribution in [0.15, 0.2) is 24.3 Å². The highest BCUT2D eigenvalue weighted by atomic mass is 35.5. The minimum absolute atomic E-state index is 0.705. The SMILES string of the molecule is CCC1CCC(NCc2cccc(Cl)c2)CC1. The van der Waals surface area contributed by atoms with Crippen LogP contribution in [-0.4, -0.2) is 6.04 Å². The Kier molecular flexibility index (Phi) is 4.87. The van der Waals surface area contributed by atoms with Crippen molar-refractivity contribution in [3.8, 4) is 0 Å². The lowest BCUT2D eigenvalue weighted by molar-refractivity contribution is 0.285. The van der Waals surface area contributed by atoms with Gasteiger partial charge in [-0.05, 0) is 49.3 Å². The Balaban J connectivity index is 1.76. The maximum Gasteiger partial charge on any atom is 0.0409 e. The Morgan fingerprint density at radius 1 is 1.24 bits per heavy atom. The average Bonchev–Trinajstić information content (AvgIpc) is 2.37. The largest absolute Gasteiger partial charge is 0.310 e. The van der Waals surface area contributed by atoms with E-state index >= 15 is 0 Å². The van der Waals surface area contributed by atoms with E-state index in [1.807, 2.05) is 18.2 Å². The van der Waals surface area contributed by atoms with Crippen molar-refractivity contribution < 1.29 is 0 Å². The molecule has 2 heteroatoms. The molecule has 17 heavy (non-hydrogen) atoms. The van der Waals surface area contributed by atoms with Crippen molar-refractivity contribution in [2.45, 2.75) is 51.6 Å². The molecule has 0 saturated heterocycles. The van der Waals surface area contributed by atoms with Gasteiger partial charge in [0.1, 0.15) is 0 Å². The van der Waals surface area contributed by atoms with Crippen molar-refractivity contribution in [3.63, 3.8) is 0 Å². The standard InChI is InChI=1S/C15H22ClN/c1-2-12-6-8-15(9-7-12)17-11-13-4-3-5-14(16)10-13/h3-5,10,12,15,17H,2,6-9,11H2,1H3. The van der Waals surface area contributed by atoms with Crippen LogP contribution in [0.1, 0.15) is 44.6 Å². The maximum absolute atomic E-state index is 5.98. The van der Waals surface area contributed by atoms with Gasteiger partial charge in [0.25, 0.3) is 0 Å². The number of hydrogen-bond acceptors (Lipinski definition) is 1. The van der Waals surface area contributed by atoms with Crippen molar-refractivity contribution in [1.29, 1.82) is 0 Å². The summed E-state index contributed by atoms with van der Waals surface area (Å²) in [5.74, 6) is 0.971. The minimum atomic E-state index is 0.705. The second-order valence-corrected chi connectivity index (χ2v) is 5.57. The van der Waals surface area contributed by atoms with Crippen LogP contribution in [0, 0.1) is 5.92 Å². The van der Waals surface area contributed by atoms with E-state index in [1.54, 1.807) is 0 Å². The maximum atomic E-state index is 5.98.